The molecule has 1 aliphatic rings. The number of para-hydroxylation sites is 2. The largest absolute Gasteiger partial charge is 0.495 e. The molecule has 4 aromatic rings. The lowest BCUT2D eigenvalue weighted by atomic mass is 10.0. The Morgan fingerprint density at radius 1 is 0.969 bits per heavy atom. The van der Waals surface area contributed by atoms with Crippen LogP contribution in [0.5, 0.6) is 5.75 Å². The molecule has 7 heteroatoms. The topological polar surface area (TPSA) is 55.2 Å². The predicted octanol–water partition coefficient (Wildman–Crippen LogP) is 4.45. The number of pyridine rings is 2. The zero-order valence-corrected chi connectivity index (χ0v) is 18.4. The lowest BCUT2D eigenvalue weighted by Gasteiger charge is -2.29. The lowest BCUT2D eigenvalue weighted by molar-refractivity contribution is 0.301. The van der Waals surface area contributed by atoms with Crippen LogP contribution in [0, 0.1) is 0 Å². The second kappa shape index (κ2) is 8.80. The van der Waals surface area contributed by atoms with Crippen molar-refractivity contribution in [2.75, 3.05) is 7.11 Å². The SMILES string of the molecule is COc1ccccc1-n1cccc1[C@@H]1[C@H](c2ccccn2)NC(=S)N1Cc1ccncc1. The summed E-state index contributed by atoms with van der Waals surface area (Å²) in [6, 6.07) is 22.1. The third-order valence-corrected chi connectivity index (χ3v) is 6.08. The summed E-state index contributed by atoms with van der Waals surface area (Å²) in [7, 11) is 1.70. The van der Waals surface area contributed by atoms with Crippen molar-refractivity contribution in [3.05, 3.63) is 108 Å². The number of hydrogen-bond donors (Lipinski definition) is 1. The Balaban J connectivity index is 1.62. The molecule has 32 heavy (non-hydrogen) atoms. The van der Waals surface area contributed by atoms with Crippen molar-refractivity contribution in [2.45, 2.75) is 18.6 Å². The summed E-state index contributed by atoms with van der Waals surface area (Å²) in [5.74, 6) is 0.813. The fourth-order valence-corrected chi connectivity index (χ4v) is 4.57. The van der Waals surface area contributed by atoms with Crippen LogP contribution in [-0.2, 0) is 6.54 Å². The molecule has 6 nitrogen and oxygen atoms in total. The van der Waals surface area contributed by atoms with E-state index in [9.17, 15) is 0 Å². The van der Waals surface area contributed by atoms with Crippen molar-refractivity contribution in [3.63, 3.8) is 0 Å². The highest BCUT2D eigenvalue weighted by molar-refractivity contribution is 7.80. The Hall–Kier alpha value is -3.71. The van der Waals surface area contributed by atoms with Gasteiger partial charge in [-0.25, -0.2) is 0 Å². The maximum atomic E-state index is 5.81. The van der Waals surface area contributed by atoms with Gasteiger partial charge in [0.25, 0.3) is 0 Å². The maximum Gasteiger partial charge on any atom is 0.170 e. The molecule has 4 heterocycles. The van der Waals surface area contributed by atoms with E-state index in [1.54, 1.807) is 7.11 Å². The Kier molecular flexibility index (Phi) is 5.56. The number of rotatable bonds is 6. The van der Waals surface area contributed by atoms with E-state index in [1.165, 1.54) is 0 Å². The summed E-state index contributed by atoms with van der Waals surface area (Å²) in [5, 5.41) is 4.22. The summed E-state index contributed by atoms with van der Waals surface area (Å²) >= 11 is 5.81. The Bertz CT molecular complexity index is 1210. The molecule has 3 aromatic heterocycles. The number of benzene rings is 1. The molecule has 0 bridgehead atoms. The molecule has 1 saturated heterocycles. The Morgan fingerprint density at radius 3 is 2.56 bits per heavy atom. The van der Waals surface area contributed by atoms with Crippen LogP contribution in [-0.4, -0.2) is 31.7 Å². The Labute approximate surface area is 192 Å². The number of hydrogen-bond acceptors (Lipinski definition) is 4. The van der Waals surface area contributed by atoms with Crippen LogP contribution < -0.4 is 10.1 Å². The highest BCUT2D eigenvalue weighted by Gasteiger charge is 2.41. The predicted molar refractivity (Wildman–Crippen MR) is 128 cm³/mol. The van der Waals surface area contributed by atoms with E-state index in [0.29, 0.717) is 11.7 Å². The molecular weight excluding hydrogens is 418 g/mol. The molecule has 0 aliphatic carbocycles. The smallest absolute Gasteiger partial charge is 0.170 e. The summed E-state index contributed by atoms with van der Waals surface area (Å²) in [5.41, 5.74) is 4.18. The van der Waals surface area contributed by atoms with Crippen LogP contribution in [0.2, 0.25) is 0 Å². The minimum absolute atomic E-state index is 0.0644. The number of ether oxygens (including phenoxy) is 1. The van der Waals surface area contributed by atoms with E-state index in [2.05, 4.69) is 49.1 Å². The normalized spacial score (nSPS) is 17.9. The molecule has 1 fully saturated rings. The fourth-order valence-electron chi connectivity index (χ4n) is 4.27. The summed E-state index contributed by atoms with van der Waals surface area (Å²) in [6.45, 7) is 0.666. The van der Waals surface area contributed by atoms with Gasteiger partial charge in [-0.05, 0) is 66.3 Å². The van der Waals surface area contributed by atoms with Gasteiger partial charge in [-0.3, -0.25) is 9.97 Å². The van der Waals surface area contributed by atoms with E-state index >= 15 is 0 Å². The number of methoxy groups -OCH3 is 1. The quantitative estimate of drug-likeness (QED) is 0.446. The second-order valence-corrected chi connectivity index (χ2v) is 7.97. The lowest BCUT2D eigenvalue weighted by Crippen LogP contribution is -2.30. The van der Waals surface area contributed by atoms with Crippen LogP contribution in [0.25, 0.3) is 5.69 Å². The van der Waals surface area contributed by atoms with E-state index in [1.807, 2.05) is 67.1 Å². The molecule has 1 aliphatic heterocycles. The molecule has 1 aromatic carbocycles. The average Bonchev–Trinajstić information content (AvgIpc) is 3.45. The number of nitrogens with zero attached hydrogens (tertiary/aromatic N) is 4. The van der Waals surface area contributed by atoms with Crippen molar-refractivity contribution >= 4 is 17.3 Å². The van der Waals surface area contributed by atoms with Crippen molar-refractivity contribution in [3.8, 4) is 11.4 Å². The third-order valence-electron chi connectivity index (χ3n) is 5.73. The first-order valence-electron chi connectivity index (χ1n) is 10.4. The van der Waals surface area contributed by atoms with E-state index in [-0.39, 0.29) is 12.1 Å². The van der Waals surface area contributed by atoms with Crippen LogP contribution in [0.15, 0.2) is 91.5 Å². The van der Waals surface area contributed by atoms with Crippen LogP contribution in [0.4, 0.5) is 0 Å². The van der Waals surface area contributed by atoms with Gasteiger partial charge in [-0.2, -0.15) is 0 Å². The van der Waals surface area contributed by atoms with Crippen LogP contribution in [0.1, 0.15) is 29.0 Å². The molecule has 0 amide bonds. The monoisotopic (exact) mass is 441 g/mol. The van der Waals surface area contributed by atoms with Crippen molar-refractivity contribution in [1.82, 2.24) is 24.8 Å². The standard InChI is InChI=1S/C25H23N5OS/c1-31-22-10-3-2-8-20(22)29-16-6-9-21(29)24-23(19-7-4-5-13-27-19)28-25(32)30(24)17-18-11-14-26-15-12-18/h2-16,23-24H,17H2,1H3,(H,28,32)/t23-,24+/m0/s1. The van der Waals surface area contributed by atoms with Gasteiger partial charge in [0.15, 0.2) is 5.11 Å². The molecule has 5 rings (SSSR count). The van der Waals surface area contributed by atoms with Gasteiger partial charge in [0, 0.05) is 37.0 Å². The van der Waals surface area contributed by atoms with Gasteiger partial charge in [0.05, 0.1) is 30.6 Å². The van der Waals surface area contributed by atoms with E-state index in [0.717, 1.165) is 28.4 Å². The van der Waals surface area contributed by atoms with Gasteiger partial charge in [-0.1, -0.05) is 18.2 Å². The minimum atomic E-state index is -0.0890. The molecule has 0 radical (unpaired) electrons. The van der Waals surface area contributed by atoms with E-state index < -0.39 is 0 Å². The van der Waals surface area contributed by atoms with Gasteiger partial charge >= 0.3 is 0 Å². The molecule has 0 saturated carbocycles. The first kappa shape index (κ1) is 20.2. The maximum absolute atomic E-state index is 5.81. The molecule has 2 atom stereocenters. The molecule has 0 spiro atoms. The molecule has 0 unspecified atom stereocenters. The summed E-state index contributed by atoms with van der Waals surface area (Å²) < 4.78 is 7.82. The highest BCUT2D eigenvalue weighted by Crippen LogP contribution is 2.41. The van der Waals surface area contributed by atoms with Gasteiger partial charge in [-0.15, -0.1) is 0 Å². The Morgan fingerprint density at radius 2 is 1.78 bits per heavy atom. The second-order valence-electron chi connectivity index (χ2n) is 7.58. The van der Waals surface area contributed by atoms with Crippen LogP contribution in [0.3, 0.4) is 0 Å². The third kappa shape index (κ3) is 3.71. The van der Waals surface area contributed by atoms with Gasteiger partial charge < -0.3 is 19.5 Å². The molecule has 160 valence electrons. The highest BCUT2D eigenvalue weighted by atomic mass is 32.1. The van der Waals surface area contributed by atoms with Crippen molar-refractivity contribution in [2.24, 2.45) is 0 Å². The van der Waals surface area contributed by atoms with Gasteiger partial charge in [0.1, 0.15) is 5.75 Å². The zero-order chi connectivity index (χ0) is 21.9. The first-order chi connectivity index (χ1) is 15.8. The number of aromatic nitrogens is 3. The summed E-state index contributed by atoms with van der Waals surface area (Å²) in [6.07, 6.45) is 7.51. The fraction of sp³-hybridized carbons (Fsp3) is 0.160. The number of nitrogens with one attached hydrogen (secondary N) is 1. The molecular formula is C25H23N5OS. The van der Waals surface area contributed by atoms with Crippen molar-refractivity contribution < 1.29 is 4.74 Å². The summed E-state index contributed by atoms with van der Waals surface area (Å²) in [4.78, 5) is 11.0. The van der Waals surface area contributed by atoms with Crippen molar-refractivity contribution in [1.29, 1.82) is 0 Å². The zero-order valence-electron chi connectivity index (χ0n) is 17.6. The van der Waals surface area contributed by atoms with Gasteiger partial charge in [0.2, 0.25) is 0 Å². The molecule has 1 N–H and O–H groups in total. The first-order valence-corrected chi connectivity index (χ1v) is 10.8. The van der Waals surface area contributed by atoms with Crippen LogP contribution >= 0.6 is 12.2 Å². The number of thiocarbonyl (C=S) groups is 1. The van der Waals surface area contributed by atoms with E-state index in [4.69, 9.17) is 17.0 Å². The minimum Gasteiger partial charge on any atom is -0.495 e. The average molecular weight is 442 g/mol.